The van der Waals surface area contributed by atoms with E-state index in [4.69, 9.17) is 4.74 Å². The number of aromatic nitrogens is 3. The molecule has 0 aliphatic rings. The summed E-state index contributed by atoms with van der Waals surface area (Å²) in [6.45, 7) is 4.47. The van der Waals surface area contributed by atoms with E-state index in [0.29, 0.717) is 18.9 Å². The first-order chi connectivity index (χ1) is 11.7. The van der Waals surface area contributed by atoms with E-state index in [0.717, 1.165) is 17.0 Å². The van der Waals surface area contributed by atoms with E-state index in [2.05, 4.69) is 15.5 Å². The summed E-state index contributed by atoms with van der Waals surface area (Å²) >= 11 is 0. The number of fused-ring (bicyclic) bond motifs is 1. The molecule has 0 fully saturated rings. The number of carbonyl (C=O) groups excluding carboxylic acids is 1. The van der Waals surface area contributed by atoms with Crippen molar-refractivity contribution < 1.29 is 9.53 Å². The molecule has 0 radical (unpaired) electrons. The minimum Gasteiger partial charge on any atom is -0.494 e. The van der Waals surface area contributed by atoms with Gasteiger partial charge in [0, 0.05) is 6.20 Å². The van der Waals surface area contributed by atoms with E-state index in [1.54, 1.807) is 0 Å². The second-order valence-electron chi connectivity index (χ2n) is 5.53. The fourth-order valence-corrected chi connectivity index (χ4v) is 2.57. The van der Waals surface area contributed by atoms with Gasteiger partial charge in [-0.1, -0.05) is 18.2 Å². The van der Waals surface area contributed by atoms with Crippen LogP contribution in [0.4, 0.5) is 0 Å². The zero-order valence-corrected chi connectivity index (χ0v) is 13.8. The molecule has 0 bridgehead atoms. The van der Waals surface area contributed by atoms with Crippen LogP contribution < -0.4 is 10.1 Å². The number of nitrogens with zero attached hydrogens (tertiary/aromatic N) is 3. The lowest BCUT2D eigenvalue weighted by Crippen LogP contribution is -2.29. The topological polar surface area (TPSA) is 68.5 Å². The lowest BCUT2D eigenvalue weighted by molar-refractivity contribution is -0.121. The first-order valence-electron chi connectivity index (χ1n) is 7.98. The van der Waals surface area contributed by atoms with E-state index in [1.807, 2.05) is 66.9 Å². The molecule has 3 aromatic rings. The van der Waals surface area contributed by atoms with Crippen LogP contribution in [-0.4, -0.2) is 27.1 Å². The van der Waals surface area contributed by atoms with E-state index in [1.165, 1.54) is 0 Å². The molecule has 0 aliphatic carbocycles. The largest absolute Gasteiger partial charge is 0.494 e. The molecule has 0 aliphatic heterocycles. The highest BCUT2D eigenvalue weighted by molar-refractivity contribution is 5.79. The van der Waals surface area contributed by atoms with Crippen LogP contribution in [0.5, 0.6) is 5.75 Å². The van der Waals surface area contributed by atoms with Crippen molar-refractivity contribution in [2.24, 2.45) is 0 Å². The average Bonchev–Trinajstić information content (AvgIpc) is 3.01. The summed E-state index contributed by atoms with van der Waals surface area (Å²) in [6, 6.07) is 13.0. The third kappa shape index (κ3) is 3.53. The number of rotatable bonds is 6. The summed E-state index contributed by atoms with van der Waals surface area (Å²) in [4.78, 5) is 12.3. The standard InChI is InChI=1S/C18H20N4O2/c1-3-24-15-9-7-14(8-10-15)12-17(23)19-13(2)18-21-20-16-6-4-5-11-22(16)18/h4-11,13H,3,12H2,1-2H3,(H,19,23). The highest BCUT2D eigenvalue weighted by atomic mass is 16.5. The van der Waals surface area contributed by atoms with Crippen molar-refractivity contribution in [3.8, 4) is 5.75 Å². The number of pyridine rings is 1. The summed E-state index contributed by atoms with van der Waals surface area (Å²) < 4.78 is 7.28. The molecule has 0 saturated carbocycles. The molecular formula is C18H20N4O2. The average molecular weight is 324 g/mol. The lowest BCUT2D eigenvalue weighted by atomic mass is 10.1. The second-order valence-corrected chi connectivity index (χ2v) is 5.53. The molecule has 124 valence electrons. The summed E-state index contributed by atoms with van der Waals surface area (Å²) in [7, 11) is 0. The van der Waals surface area contributed by atoms with Gasteiger partial charge in [0.15, 0.2) is 11.5 Å². The van der Waals surface area contributed by atoms with Gasteiger partial charge in [-0.05, 0) is 43.7 Å². The van der Waals surface area contributed by atoms with Crippen LogP contribution in [0.3, 0.4) is 0 Å². The van der Waals surface area contributed by atoms with Crippen molar-refractivity contribution >= 4 is 11.6 Å². The maximum atomic E-state index is 12.3. The van der Waals surface area contributed by atoms with Crippen LogP contribution >= 0.6 is 0 Å². The van der Waals surface area contributed by atoms with Crippen LogP contribution in [0.1, 0.15) is 31.3 Å². The van der Waals surface area contributed by atoms with Crippen molar-refractivity contribution in [2.75, 3.05) is 6.61 Å². The molecule has 2 heterocycles. The summed E-state index contributed by atoms with van der Waals surface area (Å²) in [6.07, 6.45) is 2.20. The number of amides is 1. The molecule has 1 unspecified atom stereocenters. The van der Waals surface area contributed by atoms with Gasteiger partial charge >= 0.3 is 0 Å². The Morgan fingerprint density at radius 2 is 2.00 bits per heavy atom. The smallest absolute Gasteiger partial charge is 0.224 e. The minimum atomic E-state index is -0.224. The van der Waals surface area contributed by atoms with Crippen molar-refractivity contribution in [3.05, 3.63) is 60.0 Å². The first kappa shape index (κ1) is 16.0. The second kappa shape index (κ2) is 7.12. The molecule has 1 N–H and O–H groups in total. The van der Waals surface area contributed by atoms with Crippen molar-refractivity contribution in [1.29, 1.82) is 0 Å². The zero-order chi connectivity index (χ0) is 16.9. The molecule has 1 amide bonds. The van der Waals surface area contributed by atoms with Crippen LogP contribution in [0, 0.1) is 0 Å². The fourth-order valence-electron chi connectivity index (χ4n) is 2.57. The quantitative estimate of drug-likeness (QED) is 0.756. The number of nitrogens with one attached hydrogen (secondary N) is 1. The summed E-state index contributed by atoms with van der Waals surface area (Å²) in [5, 5.41) is 11.2. The highest BCUT2D eigenvalue weighted by Crippen LogP contribution is 2.14. The predicted octanol–water partition coefficient (Wildman–Crippen LogP) is 2.55. The zero-order valence-electron chi connectivity index (χ0n) is 13.8. The predicted molar refractivity (Wildman–Crippen MR) is 90.9 cm³/mol. The first-order valence-corrected chi connectivity index (χ1v) is 7.98. The lowest BCUT2D eigenvalue weighted by Gasteiger charge is -2.12. The minimum absolute atomic E-state index is 0.0562. The Balaban J connectivity index is 1.63. The third-order valence-electron chi connectivity index (χ3n) is 3.70. The van der Waals surface area contributed by atoms with Crippen molar-refractivity contribution in [2.45, 2.75) is 26.3 Å². The number of hydrogen-bond donors (Lipinski definition) is 1. The summed E-state index contributed by atoms with van der Waals surface area (Å²) in [5.74, 6) is 1.47. The summed E-state index contributed by atoms with van der Waals surface area (Å²) in [5.41, 5.74) is 1.70. The molecule has 0 saturated heterocycles. The Kier molecular flexibility index (Phi) is 4.74. The maximum absolute atomic E-state index is 12.3. The van der Waals surface area contributed by atoms with Crippen molar-refractivity contribution in [1.82, 2.24) is 19.9 Å². The number of hydrogen-bond acceptors (Lipinski definition) is 4. The van der Waals surface area contributed by atoms with E-state index in [-0.39, 0.29) is 11.9 Å². The van der Waals surface area contributed by atoms with Gasteiger partial charge in [-0.15, -0.1) is 10.2 Å². The number of carbonyl (C=O) groups is 1. The van der Waals surface area contributed by atoms with E-state index >= 15 is 0 Å². The molecule has 6 heteroatoms. The molecule has 0 spiro atoms. The van der Waals surface area contributed by atoms with Crippen LogP contribution in [0.25, 0.3) is 5.65 Å². The van der Waals surface area contributed by atoms with Gasteiger partial charge < -0.3 is 10.1 Å². The molecule has 1 atom stereocenters. The van der Waals surface area contributed by atoms with Gasteiger partial charge in [0.2, 0.25) is 5.91 Å². The van der Waals surface area contributed by atoms with Gasteiger partial charge in [0.05, 0.1) is 19.1 Å². The fraction of sp³-hybridized carbons (Fsp3) is 0.278. The highest BCUT2D eigenvalue weighted by Gasteiger charge is 2.15. The normalized spacial score (nSPS) is 12.1. The number of ether oxygens (including phenoxy) is 1. The van der Waals surface area contributed by atoms with Gasteiger partial charge in [-0.3, -0.25) is 9.20 Å². The van der Waals surface area contributed by atoms with E-state index in [9.17, 15) is 4.79 Å². The van der Waals surface area contributed by atoms with Crippen LogP contribution in [0.15, 0.2) is 48.7 Å². The van der Waals surface area contributed by atoms with E-state index < -0.39 is 0 Å². The third-order valence-corrected chi connectivity index (χ3v) is 3.70. The van der Waals surface area contributed by atoms with Gasteiger partial charge in [0.1, 0.15) is 5.75 Å². The van der Waals surface area contributed by atoms with Crippen LogP contribution in [-0.2, 0) is 11.2 Å². The Bertz CT molecular complexity index is 826. The van der Waals surface area contributed by atoms with Gasteiger partial charge in [-0.2, -0.15) is 0 Å². The molecule has 24 heavy (non-hydrogen) atoms. The van der Waals surface area contributed by atoms with Crippen LogP contribution in [0.2, 0.25) is 0 Å². The monoisotopic (exact) mass is 324 g/mol. The Hall–Kier alpha value is -2.89. The SMILES string of the molecule is CCOc1ccc(CC(=O)NC(C)c2nnc3ccccn23)cc1. The Morgan fingerprint density at radius 1 is 1.21 bits per heavy atom. The van der Waals surface area contributed by atoms with Gasteiger partial charge in [0.25, 0.3) is 0 Å². The molecular weight excluding hydrogens is 304 g/mol. The van der Waals surface area contributed by atoms with Gasteiger partial charge in [-0.25, -0.2) is 0 Å². The Labute approximate surface area is 140 Å². The molecule has 2 aromatic heterocycles. The Morgan fingerprint density at radius 3 is 2.75 bits per heavy atom. The van der Waals surface area contributed by atoms with Crippen molar-refractivity contribution in [3.63, 3.8) is 0 Å². The molecule has 1 aromatic carbocycles. The maximum Gasteiger partial charge on any atom is 0.224 e. The molecule has 3 rings (SSSR count). The number of benzene rings is 1. The molecule has 6 nitrogen and oxygen atoms in total.